The molecule has 1 saturated carbocycles. The molecule has 0 bridgehead atoms. The Kier molecular flexibility index (Phi) is 4.72. The quantitative estimate of drug-likeness (QED) is 0.701. The molecule has 0 spiro atoms. The van der Waals surface area contributed by atoms with Crippen LogP contribution in [-0.4, -0.2) is 19.3 Å². The fourth-order valence-corrected chi connectivity index (χ4v) is 1.93. The van der Waals surface area contributed by atoms with Crippen molar-refractivity contribution < 1.29 is 13.2 Å². The van der Waals surface area contributed by atoms with Gasteiger partial charge in [-0.25, -0.2) is 0 Å². The number of rotatable bonds is 4. The van der Waals surface area contributed by atoms with Crippen LogP contribution >= 0.6 is 0 Å². The molecule has 0 heterocycles. The normalized spacial score (nSPS) is 19.9. The summed E-state index contributed by atoms with van der Waals surface area (Å²) in [5.74, 6) is 0.608. The van der Waals surface area contributed by atoms with Gasteiger partial charge in [0.1, 0.15) is 0 Å². The Labute approximate surface area is 83.1 Å². The van der Waals surface area contributed by atoms with Crippen LogP contribution in [0.1, 0.15) is 38.5 Å². The summed E-state index contributed by atoms with van der Waals surface area (Å²) in [7, 11) is 0. The molecule has 0 saturated heterocycles. The first-order chi connectivity index (χ1) is 6.58. The lowest BCUT2D eigenvalue weighted by atomic mass is 9.89. The number of hydrogen-bond donors (Lipinski definition) is 1. The van der Waals surface area contributed by atoms with Crippen LogP contribution in [0.4, 0.5) is 13.2 Å². The van der Waals surface area contributed by atoms with Gasteiger partial charge in [0.15, 0.2) is 0 Å². The maximum Gasteiger partial charge on any atom is 0.390 e. The van der Waals surface area contributed by atoms with Gasteiger partial charge in [-0.05, 0) is 25.3 Å². The molecule has 0 unspecified atom stereocenters. The number of hydrogen-bond acceptors (Lipinski definition) is 1. The van der Waals surface area contributed by atoms with Gasteiger partial charge in [-0.1, -0.05) is 19.3 Å². The molecule has 0 aromatic carbocycles. The first-order valence-electron chi connectivity index (χ1n) is 5.35. The van der Waals surface area contributed by atoms with Gasteiger partial charge in [0.25, 0.3) is 0 Å². The zero-order valence-electron chi connectivity index (χ0n) is 8.37. The van der Waals surface area contributed by atoms with E-state index >= 15 is 0 Å². The fraction of sp³-hybridized carbons (Fsp3) is 1.00. The van der Waals surface area contributed by atoms with Gasteiger partial charge in [-0.2, -0.15) is 13.2 Å². The summed E-state index contributed by atoms with van der Waals surface area (Å²) in [5.41, 5.74) is 0. The molecular formula is C10H18F3N. The molecule has 0 atom stereocenters. The molecular weight excluding hydrogens is 191 g/mol. The second-order valence-corrected chi connectivity index (χ2v) is 4.07. The van der Waals surface area contributed by atoms with Crippen molar-refractivity contribution in [3.05, 3.63) is 0 Å². The molecule has 84 valence electrons. The topological polar surface area (TPSA) is 12.0 Å². The third kappa shape index (κ3) is 5.47. The van der Waals surface area contributed by atoms with Crippen LogP contribution in [0, 0.1) is 5.92 Å². The van der Waals surface area contributed by atoms with Crippen molar-refractivity contribution in [1.82, 2.24) is 5.32 Å². The second-order valence-electron chi connectivity index (χ2n) is 4.07. The van der Waals surface area contributed by atoms with Crippen LogP contribution in [-0.2, 0) is 0 Å². The molecule has 4 heteroatoms. The summed E-state index contributed by atoms with van der Waals surface area (Å²) in [6.07, 6.45) is 1.41. The van der Waals surface area contributed by atoms with E-state index in [4.69, 9.17) is 0 Å². The highest BCUT2D eigenvalue weighted by Crippen LogP contribution is 2.23. The summed E-state index contributed by atoms with van der Waals surface area (Å²) in [6, 6.07) is 0. The summed E-state index contributed by atoms with van der Waals surface area (Å²) in [6.45, 7) is 0.829. The van der Waals surface area contributed by atoms with E-state index in [1.165, 1.54) is 32.1 Å². The molecule has 1 aliphatic rings. The van der Waals surface area contributed by atoms with Crippen LogP contribution < -0.4 is 5.32 Å². The number of halogens is 3. The van der Waals surface area contributed by atoms with Gasteiger partial charge < -0.3 is 5.32 Å². The van der Waals surface area contributed by atoms with Gasteiger partial charge in [-0.15, -0.1) is 0 Å². The van der Waals surface area contributed by atoms with E-state index in [2.05, 4.69) is 5.32 Å². The van der Waals surface area contributed by atoms with Crippen LogP contribution in [0.2, 0.25) is 0 Å². The third-order valence-electron chi connectivity index (χ3n) is 2.74. The lowest BCUT2D eigenvalue weighted by molar-refractivity contribution is -0.133. The lowest BCUT2D eigenvalue weighted by Gasteiger charge is -2.21. The molecule has 0 radical (unpaired) electrons. The Bertz CT molecular complexity index is 150. The molecule has 1 nitrogen and oxygen atoms in total. The second kappa shape index (κ2) is 5.59. The van der Waals surface area contributed by atoms with Crippen molar-refractivity contribution >= 4 is 0 Å². The SMILES string of the molecule is FC(F)(F)CCNCC1CCCCC1. The van der Waals surface area contributed by atoms with Gasteiger partial charge >= 0.3 is 6.18 Å². The molecule has 1 fully saturated rings. The van der Waals surface area contributed by atoms with Gasteiger partial charge in [0.05, 0.1) is 6.42 Å². The van der Waals surface area contributed by atoms with Gasteiger partial charge in [-0.3, -0.25) is 0 Å². The van der Waals surface area contributed by atoms with Crippen molar-refractivity contribution in [2.75, 3.05) is 13.1 Å². The molecule has 1 aliphatic carbocycles. The fourth-order valence-electron chi connectivity index (χ4n) is 1.93. The van der Waals surface area contributed by atoms with Crippen LogP contribution in [0.3, 0.4) is 0 Å². The monoisotopic (exact) mass is 209 g/mol. The van der Waals surface area contributed by atoms with Crippen LogP contribution in [0.5, 0.6) is 0 Å². The molecule has 0 aromatic rings. The lowest BCUT2D eigenvalue weighted by Crippen LogP contribution is -2.28. The number of nitrogens with one attached hydrogen (secondary N) is 1. The summed E-state index contributed by atoms with van der Waals surface area (Å²) in [5, 5.41) is 2.89. The summed E-state index contributed by atoms with van der Waals surface area (Å²) in [4.78, 5) is 0. The van der Waals surface area contributed by atoms with Crippen molar-refractivity contribution in [1.29, 1.82) is 0 Å². The maximum absolute atomic E-state index is 11.8. The van der Waals surface area contributed by atoms with E-state index < -0.39 is 12.6 Å². The Morgan fingerprint density at radius 1 is 1.07 bits per heavy atom. The Balaban J connectivity index is 1.97. The average Bonchev–Trinajstić information content (AvgIpc) is 2.13. The highest BCUT2D eigenvalue weighted by molar-refractivity contribution is 4.68. The van der Waals surface area contributed by atoms with Crippen molar-refractivity contribution in [2.24, 2.45) is 5.92 Å². The highest BCUT2D eigenvalue weighted by Gasteiger charge is 2.26. The van der Waals surface area contributed by atoms with E-state index in [1.807, 2.05) is 0 Å². The first kappa shape index (κ1) is 11.8. The van der Waals surface area contributed by atoms with Gasteiger partial charge in [0, 0.05) is 6.54 Å². The van der Waals surface area contributed by atoms with E-state index in [0.29, 0.717) is 5.92 Å². The highest BCUT2D eigenvalue weighted by atomic mass is 19.4. The van der Waals surface area contributed by atoms with Crippen molar-refractivity contribution in [3.8, 4) is 0 Å². The Morgan fingerprint density at radius 2 is 1.71 bits per heavy atom. The first-order valence-corrected chi connectivity index (χ1v) is 5.35. The van der Waals surface area contributed by atoms with Crippen LogP contribution in [0.25, 0.3) is 0 Å². The Morgan fingerprint density at radius 3 is 2.29 bits per heavy atom. The minimum absolute atomic E-state index is 0.0694. The van der Waals surface area contributed by atoms with Crippen molar-refractivity contribution in [3.63, 3.8) is 0 Å². The molecule has 14 heavy (non-hydrogen) atoms. The average molecular weight is 209 g/mol. The van der Waals surface area contributed by atoms with E-state index in [9.17, 15) is 13.2 Å². The van der Waals surface area contributed by atoms with Crippen LogP contribution in [0.15, 0.2) is 0 Å². The predicted molar refractivity (Wildman–Crippen MR) is 50.1 cm³/mol. The molecule has 1 rings (SSSR count). The van der Waals surface area contributed by atoms with E-state index in [0.717, 1.165) is 6.54 Å². The zero-order chi connectivity index (χ0) is 10.4. The van der Waals surface area contributed by atoms with E-state index in [-0.39, 0.29) is 6.54 Å². The predicted octanol–water partition coefficient (Wildman–Crippen LogP) is 3.11. The minimum Gasteiger partial charge on any atom is -0.316 e. The molecule has 0 aromatic heterocycles. The largest absolute Gasteiger partial charge is 0.390 e. The van der Waals surface area contributed by atoms with Crippen molar-refractivity contribution in [2.45, 2.75) is 44.7 Å². The van der Waals surface area contributed by atoms with Gasteiger partial charge in [0.2, 0.25) is 0 Å². The molecule has 1 N–H and O–H groups in total. The smallest absolute Gasteiger partial charge is 0.316 e. The number of alkyl halides is 3. The Hall–Kier alpha value is -0.250. The maximum atomic E-state index is 11.8. The molecule has 0 amide bonds. The third-order valence-corrected chi connectivity index (χ3v) is 2.74. The molecule has 0 aliphatic heterocycles. The summed E-state index contributed by atoms with van der Waals surface area (Å²) >= 11 is 0. The summed E-state index contributed by atoms with van der Waals surface area (Å²) < 4.78 is 35.3. The minimum atomic E-state index is -4.01. The standard InChI is InChI=1S/C10H18F3N/c11-10(12,13)6-7-14-8-9-4-2-1-3-5-9/h9,14H,1-8H2. The zero-order valence-corrected chi connectivity index (χ0v) is 8.37. The van der Waals surface area contributed by atoms with E-state index in [1.54, 1.807) is 0 Å².